The Kier molecular flexibility index (Phi) is 3.09. The molecule has 100 valence electrons. The fraction of sp³-hybridized carbons (Fsp3) is 0.0667. The number of hydrogen-bond acceptors (Lipinski definition) is 3. The Morgan fingerprint density at radius 1 is 1.25 bits per heavy atom. The monoisotopic (exact) mass is 267 g/mol. The molecule has 1 heterocycles. The number of hydrogen-bond donors (Lipinski definition) is 3. The minimum Gasteiger partial charge on any atom is -0.508 e. The maximum atomic E-state index is 11.9. The van der Waals surface area contributed by atoms with Gasteiger partial charge in [0.1, 0.15) is 5.75 Å². The number of phenolic OH excluding ortho intramolecular Hbond substituents is 1. The van der Waals surface area contributed by atoms with E-state index in [0.29, 0.717) is 12.1 Å². The van der Waals surface area contributed by atoms with E-state index in [-0.39, 0.29) is 11.7 Å². The van der Waals surface area contributed by atoms with Crippen LogP contribution in [0, 0.1) is 0 Å². The normalized spacial score (nSPS) is 10.6. The summed E-state index contributed by atoms with van der Waals surface area (Å²) in [4.78, 5) is 19.1. The van der Waals surface area contributed by atoms with E-state index >= 15 is 0 Å². The first kappa shape index (κ1) is 12.2. The van der Waals surface area contributed by atoms with E-state index in [0.717, 1.165) is 16.6 Å². The molecule has 0 spiro atoms. The highest BCUT2D eigenvalue weighted by molar-refractivity contribution is 5.94. The summed E-state index contributed by atoms with van der Waals surface area (Å²) in [5, 5.41) is 12.2. The van der Waals surface area contributed by atoms with Crippen LogP contribution in [-0.4, -0.2) is 21.0 Å². The lowest BCUT2D eigenvalue weighted by Crippen LogP contribution is -2.22. The molecule has 20 heavy (non-hydrogen) atoms. The number of fused-ring (bicyclic) bond motifs is 1. The van der Waals surface area contributed by atoms with Crippen molar-refractivity contribution in [2.45, 2.75) is 6.54 Å². The van der Waals surface area contributed by atoms with E-state index < -0.39 is 0 Å². The molecule has 0 aliphatic heterocycles. The number of H-pyrrole nitrogens is 1. The first-order chi connectivity index (χ1) is 9.72. The van der Waals surface area contributed by atoms with Gasteiger partial charge in [-0.25, -0.2) is 4.98 Å². The molecule has 0 saturated heterocycles. The van der Waals surface area contributed by atoms with E-state index in [9.17, 15) is 9.90 Å². The highest BCUT2D eigenvalue weighted by atomic mass is 16.3. The number of carbonyl (C=O) groups is 1. The van der Waals surface area contributed by atoms with Gasteiger partial charge in [0.15, 0.2) is 0 Å². The van der Waals surface area contributed by atoms with Crippen molar-refractivity contribution < 1.29 is 9.90 Å². The number of rotatable bonds is 3. The Hall–Kier alpha value is -2.82. The standard InChI is InChI=1S/C15H13N3O2/c19-12-3-1-2-11(7-12)15(20)16-8-10-4-5-13-14(6-10)18-9-17-13/h1-7,9,19H,8H2,(H,16,20)(H,17,18). The van der Waals surface area contributed by atoms with E-state index in [1.54, 1.807) is 18.5 Å². The lowest BCUT2D eigenvalue weighted by molar-refractivity contribution is 0.0950. The first-order valence-electron chi connectivity index (χ1n) is 6.21. The molecule has 2 aromatic carbocycles. The zero-order chi connectivity index (χ0) is 13.9. The van der Waals surface area contributed by atoms with Crippen molar-refractivity contribution in [1.29, 1.82) is 0 Å². The molecule has 0 saturated carbocycles. The average Bonchev–Trinajstić information content (AvgIpc) is 2.92. The number of phenols is 1. The van der Waals surface area contributed by atoms with E-state index in [2.05, 4.69) is 15.3 Å². The summed E-state index contributed by atoms with van der Waals surface area (Å²) in [5.74, 6) is -0.137. The predicted molar refractivity (Wildman–Crippen MR) is 75.4 cm³/mol. The van der Waals surface area contributed by atoms with Crippen molar-refractivity contribution in [2.24, 2.45) is 0 Å². The largest absolute Gasteiger partial charge is 0.508 e. The van der Waals surface area contributed by atoms with Gasteiger partial charge >= 0.3 is 0 Å². The van der Waals surface area contributed by atoms with Gasteiger partial charge in [0, 0.05) is 12.1 Å². The molecule has 5 nitrogen and oxygen atoms in total. The summed E-state index contributed by atoms with van der Waals surface area (Å²) in [6, 6.07) is 12.0. The number of amides is 1. The third-order valence-electron chi connectivity index (χ3n) is 3.05. The summed E-state index contributed by atoms with van der Waals surface area (Å²) in [7, 11) is 0. The van der Waals surface area contributed by atoms with Gasteiger partial charge < -0.3 is 15.4 Å². The molecule has 3 rings (SSSR count). The van der Waals surface area contributed by atoms with Gasteiger partial charge in [0.05, 0.1) is 17.4 Å². The predicted octanol–water partition coefficient (Wildman–Crippen LogP) is 2.20. The summed E-state index contributed by atoms with van der Waals surface area (Å²) in [6.07, 6.45) is 1.64. The Balaban J connectivity index is 1.71. The number of nitrogens with one attached hydrogen (secondary N) is 2. The fourth-order valence-electron chi connectivity index (χ4n) is 2.02. The van der Waals surface area contributed by atoms with Crippen LogP contribution in [-0.2, 0) is 6.54 Å². The van der Waals surface area contributed by atoms with Crippen molar-refractivity contribution in [3.63, 3.8) is 0 Å². The highest BCUT2D eigenvalue weighted by Crippen LogP contribution is 2.13. The van der Waals surface area contributed by atoms with Crippen molar-refractivity contribution in [3.8, 4) is 5.75 Å². The summed E-state index contributed by atoms with van der Waals surface area (Å²) in [6.45, 7) is 0.420. The third kappa shape index (κ3) is 2.47. The van der Waals surface area contributed by atoms with Crippen molar-refractivity contribution >= 4 is 16.9 Å². The smallest absolute Gasteiger partial charge is 0.251 e. The van der Waals surface area contributed by atoms with Crippen LogP contribution in [0.2, 0.25) is 0 Å². The molecule has 1 amide bonds. The van der Waals surface area contributed by atoms with Crippen LogP contribution in [0.4, 0.5) is 0 Å². The van der Waals surface area contributed by atoms with Gasteiger partial charge in [0.25, 0.3) is 5.91 Å². The van der Waals surface area contributed by atoms with Crippen LogP contribution >= 0.6 is 0 Å². The number of aromatic hydroxyl groups is 1. The third-order valence-corrected chi connectivity index (χ3v) is 3.05. The molecular weight excluding hydrogens is 254 g/mol. The first-order valence-corrected chi connectivity index (χ1v) is 6.21. The maximum absolute atomic E-state index is 11.9. The van der Waals surface area contributed by atoms with Crippen molar-refractivity contribution in [2.75, 3.05) is 0 Å². The minimum atomic E-state index is -0.217. The molecular formula is C15H13N3O2. The molecule has 3 aromatic rings. The number of aromatic amines is 1. The number of benzene rings is 2. The fourth-order valence-corrected chi connectivity index (χ4v) is 2.02. The van der Waals surface area contributed by atoms with Crippen LogP contribution in [0.1, 0.15) is 15.9 Å². The Bertz CT molecular complexity index is 764. The molecule has 0 aliphatic rings. The number of imidazole rings is 1. The second-order valence-corrected chi connectivity index (χ2v) is 4.49. The van der Waals surface area contributed by atoms with Crippen molar-refractivity contribution in [1.82, 2.24) is 15.3 Å². The van der Waals surface area contributed by atoms with Crippen LogP contribution in [0.5, 0.6) is 5.75 Å². The summed E-state index contributed by atoms with van der Waals surface area (Å²) in [5.41, 5.74) is 3.25. The molecule has 5 heteroatoms. The van der Waals surface area contributed by atoms with Gasteiger partial charge in [-0.2, -0.15) is 0 Å². The van der Waals surface area contributed by atoms with Crippen LogP contribution in [0.15, 0.2) is 48.8 Å². The second kappa shape index (κ2) is 5.05. The Morgan fingerprint density at radius 2 is 2.15 bits per heavy atom. The number of carbonyl (C=O) groups excluding carboxylic acids is 1. The maximum Gasteiger partial charge on any atom is 0.251 e. The summed E-state index contributed by atoms with van der Waals surface area (Å²) < 4.78 is 0. The quantitative estimate of drug-likeness (QED) is 0.680. The van der Waals surface area contributed by atoms with Gasteiger partial charge in [-0.3, -0.25) is 4.79 Å². The van der Waals surface area contributed by atoms with Crippen LogP contribution in [0.25, 0.3) is 11.0 Å². The summed E-state index contributed by atoms with van der Waals surface area (Å²) >= 11 is 0. The zero-order valence-electron chi connectivity index (χ0n) is 10.6. The van der Waals surface area contributed by atoms with Crippen molar-refractivity contribution in [3.05, 3.63) is 59.9 Å². The van der Waals surface area contributed by atoms with Gasteiger partial charge in [-0.05, 0) is 35.9 Å². The van der Waals surface area contributed by atoms with E-state index in [1.165, 1.54) is 12.1 Å². The van der Waals surface area contributed by atoms with Crippen LogP contribution < -0.4 is 5.32 Å². The van der Waals surface area contributed by atoms with Gasteiger partial charge in [0.2, 0.25) is 0 Å². The number of nitrogens with zero attached hydrogens (tertiary/aromatic N) is 1. The number of aromatic nitrogens is 2. The SMILES string of the molecule is O=C(NCc1ccc2nc[nH]c2c1)c1cccc(O)c1. The minimum absolute atomic E-state index is 0.0801. The molecule has 0 atom stereocenters. The lowest BCUT2D eigenvalue weighted by atomic mass is 10.1. The van der Waals surface area contributed by atoms with E-state index in [1.807, 2.05) is 18.2 Å². The van der Waals surface area contributed by atoms with Crippen LogP contribution in [0.3, 0.4) is 0 Å². The molecule has 1 aromatic heterocycles. The average molecular weight is 267 g/mol. The lowest BCUT2D eigenvalue weighted by Gasteiger charge is -2.06. The molecule has 0 unspecified atom stereocenters. The second-order valence-electron chi connectivity index (χ2n) is 4.49. The molecule has 3 N–H and O–H groups in total. The topological polar surface area (TPSA) is 78.0 Å². The van der Waals surface area contributed by atoms with Gasteiger partial charge in [-0.15, -0.1) is 0 Å². The zero-order valence-corrected chi connectivity index (χ0v) is 10.6. The molecule has 0 fully saturated rings. The molecule has 0 bridgehead atoms. The Morgan fingerprint density at radius 3 is 3.00 bits per heavy atom. The van der Waals surface area contributed by atoms with Gasteiger partial charge in [-0.1, -0.05) is 12.1 Å². The highest BCUT2D eigenvalue weighted by Gasteiger charge is 2.06. The van der Waals surface area contributed by atoms with E-state index in [4.69, 9.17) is 0 Å². The Labute approximate surface area is 115 Å². The molecule has 0 radical (unpaired) electrons. The molecule has 0 aliphatic carbocycles.